The largest absolute Gasteiger partial charge is 0.391 e. The highest BCUT2D eigenvalue weighted by molar-refractivity contribution is 7.80. The highest BCUT2D eigenvalue weighted by atomic mass is 32.1. The molecule has 1 saturated heterocycles. The lowest BCUT2D eigenvalue weighted by molar-refractivity contribution is -0.156. The fraction of sp³-hybridized carbons (Fsp3) is 0.727. The molecule has 90 valence electrons. The summed E-state index contributed by atoms with van der Waals surface area (Å²) in [6, 6.07) is 0. The van der Waals surface area contributed by atoms with Crippen LogP contribution in [0, 0.1) is 5.41 Å². The number of amides is 2. The molecule has 1 aliphatic rings. The van der Waals surface area contributed by atoms with E-state index in [1.807, 2.05) is 13.8 Å². The van der Waals surface area contributed by atoms with E-state index in [-0.39, 0.29) is 22.2 Å². The number of hydrogen-bond donors (Lipinski definition) is 1. The third-order valence-corrected chi connectivity index (χ3v) is 3.42. The maximum Gasteiger partial charge on any atom is 0.230 e. The lowest BCUT2D eigenvalue weighted by Gasteiger charge is -2.42. The highest BCUT2D eigenvalue weighted by Gasteiger charge is 2.45. The van der Waals surface area contributed by atoms with E-state index in [4.69, 9.17) is 18.0 Å². The van der Waals surface area contributed by atoms with Crippen LogP contribution in [0.15, 0.2) is 0 Å². The van der Waals surface area contributed by atoms with Gasteiger partial charge in [0, 0.05) is 12.8 Å². The van der Waals surface area contributed by atoms with Gasteiger partial charge in [-0.05, 0) is 19.3 Å². The second-order valence-corrected chi connectivity index (χ2v) is 6.00. The van der Waals surface area contributed by atoms with Gasteiger partial charge in [-0.25, -0.2) is 0 Å². The molecule has 0 spiro atoms. The quantitative estimate of drug-likeness (QED) is 0.584. The fourth-order valence-electron chi connectivity index (χ4n) is 1.91. The average molecular weight is 242 g/mol. The molecule has 0 aromatic heterocycles. The standard InChI is InChI=1S/C11H18N2O2S/c1-10(2)5-7(14)13(8(15)6-10)11(3,4)9(12)16/h5-6H2,1-4H3,(H2,12,16). The lowest BCUT2D eigenvalue weighted by Crippen LogP contribution is -2.60. The number of imide groups is 1. The molecule has 0 aliphatic carbocycles. The van der Waals surface area contributed by atoms with Crippen LogP contribution in [0.4, 0.5) is 0 Å². The van der Waals surface area contributed by atoms with Gasteiger partial charge in [0.1, 0.15) is 0 Å². The van der Waals surface area contributed by atoms with Crippen LogP contribution in [0.2, 0.25) is 0 Å². The number of likely N-dealkylation sites (tertiary alicyclic amines) is 1. The summed E-state index contributed by atoms with van der Waals surface area (Å²) in [6.07, 6.45) is 0.704. The Kier molecular flexibility index (Phi) is 3.11. The van der Waals surface area contributed by atoms with E-state index < -0.39 is 5.54 Å². The first-order valence-electron chi connectivity index (χ1n) is 5.24. The zero-order valence-electron chi connectivity index (χ0n) is 10.2. The summed E-state index contributed by atoms with van der Waals surface area (Å²) in [7, 11) is 0. The number of nitrogens with two attached hydrogens (primary N) is 1. The Labute approximate surface area is 101 Å². The van der Waals surface area contributed by atoms with Crippen molar-refractivity contribution in [2.24, 2.45) is 11.1 Å². The molecule has 0 aromatic rings. The van der Waals surface area contributed by atoms with Gasteiger partial charge in [0.05, 0.1) is 10.5 Å². The molecular weight excluding hydrogens is 224 g/mol. The van der Waals surface area contributed by atoms with Crippen LogP contribution in [0.3, 0.4) is 0 Å². The zero-order chi connectivity index (χ0) is 12.7. The highest BCUT2D eigenvalue weighted by Crippen LogP contribution is 2.34. The van der Waals surface area contributed by atoms with Crippen molar-refractivity contribution in [2.45, 2.75) is 46.1 Å². The molecule has 2 N–H and O–H groups in total. The Balaban J connectivity index is 3.04. The Morgan fingerprint density at radius 1 is 1.31 bits per heavy atom. The Morgan fingerprint density at radius 2 is 1.69 bits per heavy atom. The molecule has 0 saturated carbocycles. The SMILES string of the molecule is CC1(C)CC(=O)N(C(C)(C)C(N)=S)C(=O)C1. The van der Waals surface area contributed by atoms with Gasteiger partial charge in [0.25, 0.3) is 0 Å². The monoisotopic (exact) mass is 242 g/mol. The van der Waals surface area contributed by atoms with E-state index >= 15 is 0 Å². The van der Waals surface area contributed by atoms with Crippen LogP contribution < -0.4 is 5.73 Å². The van der Waals surface area contributed by atoms with Crippen molar-refractivity contribution in [2.75, 3.05) is 0 Å². The van der Waals surface area contributed by atoms with Crippen molar-refractivity contribution in [3.05, 3.63) is 0 Å². The second kappa shape index (κ2) is 3.80. The van der Waals surface area contributed by atoms with E-state index in [2.05, 4.69) is 0 Å². The number of nitrogens with zero attached hydrogens (tertiary/aromatic N) is 1. The molecular formula is C11H18N2O2S. The van der Waals surface area contributed by atoms with E-state index in [0.29, 0.717) is 12.8 Å². The number of piperidine rings is 1. The van der Waals surface area contributed by atoms with Crippen LogP contribution in [-0.2, 0) is 9.59 Å². The van der Waals surface area contributed by atoms with Gasteiger partial charge in [0.15, 0.2) is 0 Å². The Bertz CT molecular complexity index is 341. The summed E-state index contributed by atoms with van der Waals surface area (Å²) >= 11 is 4.91. The molecule has 16 heavy (non-hydrogen) atoms. The van der Waals surface area contributed by atoms with E-state index in [0.717, 1.165) is 0 Å². The van der Waals surface area contributed by atoms with Gasteiger partial charge in [-0.1, -0.05) is 26.1 Å². The number of rotatable bonds is 2. The zero-order valence-corrected chi connectivity index (χ0v) is 11.0. The maximum atomic E-state index is 12.0. The number of carbonyl (C=O) groups is 2. The summed E-state index contributed by atoms with van der Waals surface area (Å²) in [5.41, 5.74) is 4.44. The molecule has 1 fully saturated rings. The van der Waals surface area contributed by atoms with Crippen molar-refractivity contribution >= 4 is 29.0 Å². The smallest absolute Gasteiger partial charge is 0.230 e. The number of hydrogen-bond acceptors (Lipinski definition) is 3. The van der Waals surface area contributed by atoms with Crippen molar-refractivity contribution < 1.29 is 9.59 Å². The minimum atomic E-state index is -0.875. The predicted molar refractivity (Wildman–Crippen MR) is 65.7 cm³/mol. The average Bonchev–Trinajstić information content (AvgIpc) is 1.97. The van der Waals surface area contributed by atoms with Crippen molar-refractivity contribution in [1.29, 1.82) is 0 Å². The van der Waals surface area contributed by atoms with Gasteiger partial charge in [-0.15, -0.1) is 0 Å². The Hall–Kier alpha value is -0.970. The first-order chi connectivity index (χ1) is 7.08. The van der Waals surface area contributed by atoms with Gasteiger partial charge >= 0.3 is 0 Å². The third-order valence-electron chi connectivity index (χ3n) is 2.92. The summed E-state index contributed by atoms with van der Waals surface area (Å²) in [5.74, 6) is -0.391. The molecule has 0 radical (unpaired) electrons. The maximum absolute atomic E-state index is 12.0. The minimum absolute atomic E-state index is 0.161. The van der Waals surface area contributed by atoms with Gasteiger partial charge in [-0.2, -0.15) is 0 Å². The van der Waals surface area contributed by atoms with Gasteiger partial charge < -0.3 is 5.73 Å². The van der Waals surface area contributed by atoms with Crippen molar-refractivity contribution in [1.82, 2.24) is 4.90 Å². The van der Waals surface area contributed by atoms with Crippen LogP contribution in [0.1, 0.15) is 40.5 Å². The fourth-order valence-corrected chi connectivity index (χ4v) is 2.00. The van der Waals surface area contributed by atoms with Crippen molar-refractivity contribution in [3.8, 4) is 0 Å². The van der Waals surface area contributed by atoms with E-state index in [1.165, 1.54) is 4.90 Å². The summed E-state index contributed by atoms with van der Waals surface area (Å²) in [6.45, 7) is 7.22. The molecule has 0 bridgehead atoms. The second-order valence-electron chi connectivity index (χ2n) is 5.56. The van der Waals surface area contributed by atoms with Crippen molar-refractivity contribution in [3.63, 3.8) is 0 Å². The number of carbonyl (C=O) groups excluding carboxylic acids is 2. The molecule has 1 heterocycles. The summed E-state index contributed by atoms with van der Waals surface area (Å²) in [4.78, 5) is 25.3. The molecule has 0 aromatic carbocycles. The van der Waals surface area contributed by atoms with Crippen LogP contribution in [0.25, 0.3) is 0 Å². The molecule has 2 amide bonds. The molecule has 0 unspecified atom stereocenters. The molecule has 1 rings (SSSR count). The van der Waals surface area contributed by atoms with E-state index in [1.54, 1.807) is 13.8 Å². The number of thiocarbonyl (C=S) groups is 1. The molecule has 4 nitrogen and oxygen atoms in total. The lowest BCUT2D eigenvalue weighted by atomic mass is 9.80. The first kappa shape index (κ1) is 13.1. The molecule has 1 aliphatic heterocycles. The van der Waals surface area contributed by atoms with Crippen LogP contribution >= 0.6 is 12.2 Å². The van der Waals surface area contributed by atoms with Crippen LogP contribution in [-0.4, -0.2) is 27.2 Å². The topological polar surface area (TPSA) is 63.4 Å². The Morgan fingerprint density at radius 3 is 2.00 bits per heavy atom. The summed E-state index contributed by atoms with van der Waals surface area (Å²) < 4.78 is 0. The third kappa shape index (κ3) is 2.24. The van der Waals surface area contributed by atoms with E-state index in [9.17, 15) is 9.59 Å². The van der Waals surface area contributed by atoms with Gasteiger partial charge in [-0.3, -0.25) is 14.5 Å². The molecule has 5 heteroatoms. The minimum Gasteiger partial charge on any atom is -0.391 e. The first-order valence-corrected chi connectivity index (χ1v) is 5.64. The summed E-state index contributed by atoms with van der Waals surface area (Å²) in [5, 5.41) is 0. The molecule has 0 atom stereocenters. The van der Waals surface area contributed by atoms with Crippen LogP contribution in [0.5, 0.6) is 0 Å². The normalized spacial score (nSPS) is 21.1. The van der Waals surface area contributed by atoms with Gasteiger partial charge in [0.2, 0.25) is 11.8 Å². The predicted octanol–water partition coefficient (Wildman–Crippen LogP) is 1.23.